The number of hydrogen-bond acceptors (Lipinski definition) is 2. The van der Waals surface area contributed by atoms with E-state index in [9.17, 15) is 0 Å². The van der Waals surface area contributed by atoms with Gasteiger partial charge in [-0.25, -0.2) is 0 Å². The lowest BCUT2D eigenvalue weighted by molar-refractivity contribution is 0.415. The van der Waals surface area contributed by atoms with Crippen LogP contribution in [0.25, 0.3) is 0 Å². The van der Waals surface area contributed by atoms with Crippen LogP contribution < -0.4 is 10.5 Å². The maximum atomic E-state index is 5.88. The SMILES string of the molecule is COc1ccc(C#Cc2ccccc2)c(N)c1. The van der Waals surface area contributed by atoms with E-state index in [2.05, 4.69) is 11.8 Å². The van der Waals surface area contributed by atoms with E-state index in [1.54, 1.807) is 13.2 Å². The van der Waals surface area contributed by atoms with Crippen LogP contribution in [0.1, 0.15) is 11.1 Å². The number of nitrogens with two attached hydrogens (primary N) is 1. The Hall–Kier alpha value is -2.40. The third kappa shape index (κ3) is 2.79. The molecular formula is C15H13NO. The topological polar surface area (TPSA) is 35.2 Å². The van der Waals surface area contributed by atoms with Crippen LogP contribution in [-0.2, 0) is 0 Å². The molecule has 2 N–H and O–H groups in total. The van der Waals surface area contributed by atoms with Crippen LogP contribution in [0.2, 0.25) is 0 Å². The van der Waals surface area contributed by atoms with Gasteiger partial charge in [-0.2, -0.15) is 0 Å². The van der Waals surface area contributed by atoms with Crippen LogP contribution in [-0.4, -0.2) is 7.11 Å². The summed E-state index contributed by atoms with van der Waals surface area (Å²) in [6.45, 7) is 0. The highest BCUT2D eigenvalue weighted by Crippen LogP contribution is 2.18. The number of rotatable bonds is 1. The Bertz CT molecular complexity index is 564. The van der Waals surface area contributed by atoms with Gasteiger partial charge < -0.3 is 10.5 Å². The lowest BCUT2D eigenvalue weighted by Crippen LogP contribution is -1.91. The molecule has 0 aliphatic heterocycles. The molecule has 2 rings (SSSR count). The highest BCUT2D eigenvalue weighted by atomic mass is 16.5. The number of methoxy groups -OCH3 is 1. The highest BCUT2D eigenvalue weighted by Gasteiger charge is 1.97. The van der Waals surface area contributed by atoms with E-state index < -0.39 is 0 Å². The molecule has 0 radical (unpaired) electrons. The van der Waals surface area contributed by atoms with Gasteiger partial charge in [0.25, 0.3) is 0 Å². The Balaban J connectivity index is 2.28. The Kier molecular flexibility index (Phi) is 3.32. The molecule has 2 aromatic rings. The van der Waals surface area contributed by atoms with Gasteiger partial charge in [-0.15, -0.1) is 0 Å². The second-order valence-corrected chi connectivity index (χ2v) is 3.57. The van der Waals surface area contributed by atoms with Gasteiger partial charge in [-0.1, -0.05) is 30.0 Å². The lowest BCUT2D eigenvalue weighted by atomic mass is 10.1. The number of benzene rings is 2. The predicted molar refractivity (Wildman–Crippen MR) is 69.8 cm³/mol. The fourth-order valence-corrected chi connectivity index (χ4v) is 1.44. The Labute approximate surface area is 101 Å². The van der Waals surface area contributed by atoms with E-state index >= 15 is 0 Å². The van der Waals surface area contributed by atoms with Crippen molar-refractivity contribution in [2.75, 3.05) is 12.8 Å². The summed E-state index contributed by atoms with van der Waals surface area (Å²) in [6, 6.07) is 15.3. The van der Waals surface area contributed by atoms with Crippen molar-refractivity contribution in [2.45, 2.75) is 0 Å². The molecule has 0 heterocycles. The van der Waals surface area contributed by atoms with Gasteiger partial charge in [0.05, 0.1) is 12.8 Å². The fraction of sp³-hybridized carbons (Fsp3) is 0.0667. The summed E-state index contributed by atoms with van der Waals surface area (Å²) >= 11 is 0. The van der Waals surface area contributed by atoms with Gasteiger partial charge in [0.1, 0.15) is 5.75 Å². The second-order valence-electron chi connectivity index (χ2n) is 3.57. The van der Waals surface area contributed by atoms with Crippen LogP contribution in [0.3, 0.4) is 0 Å². The van der Waals surface area contributed by atoms with E-state index in [-0.39, 0.29) is 0 Å². The number of ether oxygens (including phenoxy) is 1. The van der Waals surface area contributed by atoms with Crippen molar-refractivity contribution in [2.24, 2.45) is 0 Å². The minimum Gasteiger partial charge on any atom is -0.497 e. The molecule has 0 aromatic heterocycles. The van der Waals surface area contributed by atoms with Crippen molar-refractivity contribution in [3.8, 4) is 17.6 Å². The second kappa shape index (κ2) is 5.09. The molecule has 2 nitrogen and oxygen atoms in total. The average Bonchev–Trinajstić information content (AvgIpc) is 2.38. The molecule has 2 aromatic carbocycles. The third-order valence-corrected chi connectivity index (χ3v) is 2.37. The summed E-state index contributed by atoms with van der Waals surface area (Å²) in [6.07, 6.45) is 0. The van der Waals surface area contributed by atoms with Gasteiger partial charge in [-0.05, 0) is 24.3 Å². The first kappa shape index (κ1) is 11.1. The molecular weight excluding hydrogens is 210 g/mol. The van der Waals surface area contributed by atoms with Gasteiger partial charge in [-0.3, -0.25) is 0 Å². The third-order valence-electron chi connectivity index (χ3n) is 2.37. The first-order chi connectivity index (χ1) is 8.29. The van der Waals surface area contributed by atoms with Crippen molar-refractivity contribution in [1.29, 1.82) is 0 Å². The highest BCUT2D eigenvalue weighted by molar-refractivity contribution is 5.60. The molecule has 0 spiro atoms. The molecule has 0 saturated carbocycles. The molecule has 0 saturated heterocycles. The van der Waals surface area contributed by atoms with E-state index in [0.29, 0.717) is 5.69 Å². The van der Waals surface area contributed by atoms with Crippen LogP contribution in [0, 0.1) is 11.8 Å². The number of anilines is 1. The molecule has 84 valence electrons. The van der Waals surface area contributed by atoms with Gasteiger partial charge in [0.15, 0.2) is 0 Å². The molecule has 0 atom stereocenters. The normalized spacial score (nSPS) is 9.24. The lowest BCUT2D eigenvalue weighted by Gasteiger charge is -2.02. The van der Waals surface area contributed by atoms with Crippen LogP contribution in [0.15, 0.2) is 48.5 Å². The molecule has 2 heteroatoms. The maximum Gasteiger partial charge on any atom is 0.121 e. The van der Waals surface area contributed by atoms with E-state index in [1.807, 2.05) is 42.5 Å². The zero-order valence-corrected chi connectivity index (χ0v) is 9.60. The molecule has 0 amide bonds. The quantitative estimate of drug-likeness (QED) is 0.596. The van der Waals surface area contributed by atoms with Crippen LogP contribution in [0.5, 0.6) is 5.75 Å². The molecule has 0 aliphatic rings. The summed E-state index contributed by atoms with van der Waals surface area (Å²) in [4.78, 5) is 0. The summed E-state index contributed by atoms with van der Waals surface area (Å²) in [7, 11) is 1.62. The minimum absolute atomic E-state index is 0.632. The molecule has 17 heavy (non-hydrogen) atoms. The zero-order chi connectivity index (χ0) is 12.1. The molecule has 0 fully saturated rings. The van der Waals surface area contributed by atoms with E-state index in [4.69, 9.17) is 10.5 Å². The minimum atomic E-state index is 0.632. The largest absolute Gasteiger partial charge is 0.497 e. The predicted octanol–water partition coefficient (Wildman–Crippen LogP) is 2.68. The van der Waals surface area contributed by atoms with Crippen LogP contribution >= 0.6 is 0 Å². The Morgan fingerprint density at radius 2 is 1.76 bits per heavy atom. The molecule has 0 bridgehead atoms. The molecule has 0 unspecified atom stereocenters. The fourth-order valence-electron chi connectivity index (χ4n) is 1.44. The smallest absolute Gasteiger partial charge is 0.121 e. The van der Waals surface area contributed by atoms with Gasteiger partial charge in [0, 0.05) is 17.2 Å². The standard InChI is InChI=1S/C15H13NO/c1-17-14-10-9-13(15(16)11-14)8-7-12-5-3-2-4-6-12/h2-6,9-11H,16H2,1H3. The van der Waals surface area contributed by atoms with Gasteiger partial charge >= 0.3 is 0 Å². The summed E-state index contributed by atoms with van der Waals surface area (Å²) in [5, 5.41) is 0. The summed E-state index contributed by atoms with van der Waals surface area (Å²) in [5.74, 6) is 6.86. The van der Waals surface area contributed by atoms with Gasteiger partial charge in [0.2, 0.25) is 0 Å². The zero-order valence-electron chi connectivity index (χ0n) is 9.60. The van der Waals surface area contributed by atoms with Crippen molar-refractivity contribution < 1.29 is 4.74 Å². The van der Waals surface area contributed by atoms with E-state index in [1.165, 1.54) is 0 Å². The monoisotopic (exact) mass is 223 g/mol. The summed E-state index contributed by atoms with van der Waals surface area (Å²) in [5.41, 5.74) is 8.30. The van der Waals surface area contributed by atoms with Crippen molar-refractivity contribution in [3.05, 3.63) is 59.7 Å². The van der Waals surface area contributed by atoms with E-state index in [0.717, 1.165) is 16.9 Å². The summed E-state index contributed by atoms with van der Waals surface area (Å²) < 4.78 is 5.08. The number of nitrogen functional groups attached to an aromatic ring is 1. The first-order valence-corrected chi connectivity index (χ1v) is 5.30. The average molecular weight is 223 g/mol. The number of hydrogen-bond donors (Lipinski definition) is 1. The van der Waals surface area contributed by atoms with Crippen LogP contribution in [0.4, 0.5) is 5.69 Å². The van der Waals surface area contributed by atoms with Crippen molar-refractivity contribution >= 4 is 5.69 Å². The Morgan fingerprint density at radius 3 is 2.41 bits per heavy atom. The maximum absolute atomic E-state index is 5.88. The molecule has 0 aliphatic carbocycles. The van der Waals surface area contributed by atoms with Crippen molar-refractivity contribution in [1.82, 2.24) is 0 Å². The van der Waals surface area contributed by atoms with Crippen molar-refractivity contribution in [3.63, 3.8) is 0 Å². The Morgan fingerprint density at radius 1 is 1.00 bits per heavy atom. The first-order valence-electron chi connectivity index (χ1n) is 5.30.